The molecule has 1 amide bonds. The van der Waals surface area contributed by atoms with Gasteiger partial charge in [-0.2, -0.15) is 13.2 Å². The van der Waals surface area contributed by atoms with Gasteiger partial charge in [0.15, 0.2) is 6.61 Å². The summed E-state index contributed by atoms with van der Waals surface area (Å²) in [6.07, 6.45) is -1.59. The molecule has 0 atom stereocenters. The number of hydrogen-bond donors (Lipinski definition) is 0. The van der Waals surface area contributed by atoms with Gasteiger partial charge in [0.25, 0.3) is 5.91 Å². The van der Waals surface area contributed by atoms with Crippen molar-refractivity contribution in [2.24, 2.45) is 0 Å². The first-order valence-electron chi connectivity index (χ1n) is 8.01. The number of aryl methyl sites for hydroxylation is 2. The lowest BCUT2D eigenvalue weighted by atomic mass is 9.99. The van der Waals surface area contributed by atoms with Gasteiger partial charge in [-0.25, -0.2) is 4.98 Å². The number of amides is 1. The second-order valence-corrected chi connectivity index (χ2v) is 6.51. The molecule has 8 heteroatoms. The molecule has 0 aliphatic carbocycles. The molecule has 0 saturated heterocycles. The Balaban J connectivity index is 1.82. The van der Waals surface area contributed by atoms with Crippen LogP contribution >= 0.6 is 11.6 Å². The minimum atomic E-state index is -4.49. The van der Waals surface area contributed by atoms with Gasteiger partial charge in [0, 0.05) is 18.4 Å². The molecule has 3 rings (SSSR count). The molecule has 0 bridgehead atoms. The summed E-state index contributed by atoms with van der Waals surface area (Å²) < 4.78 is 41.3. The third-order valence-corrected chi connectivity index (χ3v) is 4.30. The Labute approximate surface area is 153 Å². The monoisotopic (exact) mass is 384 g/mol. The number of alkyl halides is 3. The molecule has 138 valence electrons. The van der Waals surface area contributed by atoms with Crippen molar-refractivity contribution >= 4 is 23.2 Å². The molecule has 0 N–H and O–H groups in total. The van der Waals surface area contributed by atoms with Crippen LogP contribution in [0.1, 0.15) is 27.9 Å². The van der Waals surface area contributed by atoms with Gasteiger partial charge < -0.3 is 9.64 Å². The first kappa shape index (κ1) is 18.5. The second kappa shape index (κ2) is 7.15. The number of pyridine rings is 1. The van der Waals surface area contributed by atoms with Crippen molar-refractivity contribution in [2.45, 2.75) is 25.9 Å². The lowest BCUT2D eigenvalue weighted by Gasteiger charge is -2.30. The van der Waals surface area contributed by atoms with Crippen LogP contribution in [0.2, 0.25) is 5.02 Å². The molecule has 0 radical (unpaired) electrons. The first-order chi connectivity index (χ1) is 12.2. The van der Waals surface area contributed by atoms with Crippen molar-refractivity contribution in [3.63, 3.8) is 0 Å². The van der Waals surface area contributed by atoms with E-state index in [0.717, 1.165) is 29.7 Å². The van der Waals surface area contributed by atoms with Crippen LogP contribution in [0.25, 0.3) is 0 Å². The second-order valence-electron chi connectivity index (χ2n) is 6.11. The summed E-state index contributed by atoms with van der Waals surface area (Å²) in [6, 6.07) is 7.17. The Morgan fingerprint density at radius 2 is 2.12 bits per heavy atom. The number of aromatic nitrogens is 1. The van der Waals surface area contributed by atoms with E-state index in [1.165, 1.54) is 12.3 Å². The molecule has 1 aliphatic heterocycles. The molecule has 4 nitrogen and oxygen atoms in total. The third-order valence-electron chi connectivity index (χ3n) is 4.03. The van der Waals surface area contributed by atoms with E-state index in [-0.39, 0.29) is 22.4 Å². The van der Waals surface area contributed by atoms with Crippen molar-refractivity contribution in [1.29, 1.82) is 0 Å². The lowest BCUT2D eigenvalue weighted by Crippen LogP contribution is -2.35. The molecule has 2 heterocycles. The number of fused-ring (bicyclic) bond motifs is 1. The van der Waals surface area contributed by atoms with E-state index in [1.807, 2.05) is 25.1 Å². The minimum absolute atomic E-state index is 0.138. The van der Waals surface area contributed by atoms with Crippen molar-refractivity contribution in [3.05, 3.63) is 52.2 Å². The molecule has 1 aromatic heterocycles. The van der Waals surface area contributed by atoms with E-state index in [4.69, 9.17) is 11.6 Å². The van der Waals surface area contributed by atoms with Gasteiger partial charge in [-0.1, -0.05) is 29.3 Å². The van der Waals surface area contributed by atoms with Crippen LogP contribution in [-0.4, -0.2) is 30.2 Å². The quantitative estimate of drug-likeness (QED) is 0.778. The fourth-order valence-corrected chi connectivity index (χ4v) is 3.11. The lowest BCUT2D eigenvalue weighted by molar-refractivity contribution is -0.154. The van der Waals surface area contributed by atoms with E-state index in [2.05, 4.69) is 9.72 Å². The average Bonchev–Trinajstić information content (AvgIpc) is 2.58. The predicted molar refractivity (Wildman–Crippen MR) is 92.0 cm³/mol. The maximum absolute atomic E-state index is 12.8. The number of ether oxygens (including phenoxy) is 1. The Morgan fingerprint density at radius 3 is 2.81 bits per heavy atom. The van der Waals surface area contributed by atoms with Crippen LogP contribution in [0, 0.1) is 6.92 Å². The first-order valence-corrected chi connectivity index (χ1v) is 8.39. The van der Waals surface area contributed by atoms with Gasteiger partial charge in [-0.15, -0.1) is 0 Å². The molecule has 0 spiro atoms. The molecular weight excluding hydrogens is 369 g/mol. The molecule has 1 aliphatic rings. The Kier molecular flexibility index (Phi) is 5.09. The van der Waals surface area contributed by atoms with Gasteiger partial charge in [0.2, 0.25) is 5.88 Å². The Bertz CT molecular complexity index is 840. The molecule has 1 aromatic carbocycles. The zero-order chi connectivity index (χ0) is 18.9. The third kappa shape index (κ3) is 4.09. The highest BCUT2D eigenvalue weighted by Gasteiger charge is 2.29. The van der Waals surface area contributed by atoms with Crippen LogP contribution in [0.5, 0.6) is 5.88 Å². The summed E-state index contributed by atoms with van der Waals surface area (Å²) in [5, 5.41) is -0.138. The molecular formula is C18H16ClF3N2O2. The Hall–Kier alpha value is -2.28. The minimum Gasteiger partial charge on any atom is -0.467 e. The smallest absolute Gasteiger partial charge is 0.422 e. The number of hydrogen-bond acceptors (Lipinski definition) is 3. The van der Waals surface area contributed by atoms with E-state index < -0.39 is 12.8 Å². The van der Waals surface area contributed by atoms with Crippen LogP contribution < -0.4 is 9.64 Å². The van der Waals surface area contributed by atoms with Crippen molar-refractivity contribution in [3.8, 4) is 5.88 Å². The topological polar surface area (TPSA) is 42.4 Å². The highest BCUT2D eigenvalue weighted by atomic mass is 35.5. The number of rotatable bonds is 3. The van der Waals surface area contributed by atoms with Gasteiger partial charge in [0.05, 0.1) is 5.56 Å². The maximum Gasteiger partial charge on any atom is 0.422 e. The summed E-state index contributed by atoms with van der Waals surface area (Å²) in [5.41, 5.74) is 3.24. The van der Waals surface area contributed by atoms with Crippen molar-refractivity contribution < 1.29 is 22.7 Å². The largest absolute Gasteiger partial charge is 0.467 e. The zero-order valence-corrected chi connectivity index (χ0v) is 14.7. The summed E-state index contributed by atoms with van der Waals surface area (Å²) in [7, 11) is 0. The van der Waals surface area contributed by atoms with Gasteiger partial charge in [-0.3, -0.25) is 4.79 Å². The number of anilines is 1. The maximum atomic E-state index is 12.8. The van der Waals surface area contributed by atoms with Crippen molar-refractivity contribution in [2.75, 3.05) is 18.1 Å². The van der Waals surface area contributed by atoms with Gasteiger partial charge >= 0.3 is 6.18 Å². The van der Waals surface area contributed by atoms with Crippen LogP contribution in [0.4, 0.5) is 18.9 Å². The van der Waals surface area contributed by atoms with E-state index in [1.54, 1.807) is 4.90 Å². The number of benzene rings is 1. The summed E-state index contributed by atoms with van der Waals surface area (Å²) >= 11 is 5.94. The van der Waals surface area contributed by atoms with E-state index in [0.29, 0.717) is 6.54 Å². The number of nitrogens with zero attached hydrogens (tertiary/aromatic N) is 2. The highest BCUT2D eigenvalue weighted by Crippen LogP contribution is 2.31. The van der Waals surface area contributed by atoms with Crippen LogP contribution in [0.3, 0.4) is 0 Å². The van der Waals surface area contributed by atoms with E-state index in [9.17, 15) is 18.0 Å². The normalized spacial score (nSPS) is 14.1. The number of carbonyl (C=O) groups is 1. The van der Waals surface area contributed by atoms with Crippen molar-refractivity contribution in [1.82, 2.24) is 4.98 Å². The standard InChI is InChI=1S/C18H16ClF3N2O2/c1-11-4-5-15-12(7-11)3-2-6-24(15)17(25)13-8-14(19)16(23-9-13)26-10-18(20,21)22/h4-5,7-9H,2-3,6,10H2,1H3. The fourth-order valence-electron chi connectivity index (χ4n) is 2.89. The predicted octanol–water partition coefficient (Wildman–Crippen LogP) is 4.58. The summed E-state index contributed by atoms with van der Waals surface area (Å²) in [6.45, 7) is 1.05. The number of carbonyl (C=O) groups excluding carboxylic acids is 1. The molecule has 0 saturated carbocycles. The van der Waals surface area contributed by atoms with Crippen LogP contribution in [-0.2, 0) is 6.42 Å². The zero-order valence-electron chi connectivity index (χ0n) is 13.9. The number of halogens is 4. The Morgan fingerprint density at radius 1 is 1.35 bits per heavy atom. The average molecular weight is 385 g/mol. The van der Waals surface area contributed by atoms with Crippen LogP contribution in [0.15, 0.2) is 30.5 Å². The molecule has 26 heavy (non-hydrogen) atoms. The molecule has 0 fully saturated rings. The van der Waals surface area contributed by atoms with Gasteiger partial charge in [0.1, 0.15) is 5.02 Å². The SMILES string of the molecule is Cc1ccc2c(c1)CCCN2C(=O)c1cnc(OCC(F)(F)F)c(Cl)c1. The molecule has 2 aromatic rings. The summed E-state index contributed by atoms with van der Waals surface area (Å²) in [5.74, 6) is -0.651. The fraction of sp³-hybridized carbons (Fsp3) is 0.333. The van der Waals surface area contributed by atoms with Gasteiger partial charge in [-0.05, 0) is 37.5 Å². The summed E-state index contributed by atoms with van der Waals surface area (Å²) in [4.78, 5) is 18.2. The molecule has 0 unspecified atom stereocenters. The van der Waals surface area contributed by atoms with E-state index >= 15 is 0 Å². The highest BCUT2D eigenvalue weighted by molar-refractivity contribution is 6.32.